The van der Waals surface area contributed by atoms with Crippen LogP contribution in [0.4, 0.5) is 15.2 Å². The third-order valence-electron chi connectivity index (χ3n) is 8.14. The Kier molecular flexibility index (Phi) is 6.21. The van der Waals surface area contributed by atoms with E-state index in [1.54, 1.807) is 13.0 Å². The van der Waals surface area contributed by atoms with Crippen molar-refractivity contribution in [2.75, 3.05) is 30.3 Å². The molecule has 2 saturated heterocycles. The zero-order valence-electron chi connectivity index (χ0n) is 21.6. The number of aliphatic hydroxyl groups is 1. The van der Waals surface area contributed by atoms with Crippen molar-refractivity contribution in [2.24, 2.45) is 0 Å². The standard InChI is InChI=1S/C28H26ClFN6O3S/c1-12(9-37)39-28-34-24-22(27(35-28)36-13-2-3-14(36)8-33-7-13)18-11-38-10-17(18)20(23(24)29)15-4-5-19(30)25-21(15)16(6-31)26(32)40-25/h4-5,12-14,33,37H,2-3,7-11,32H2,1H3/t12-,13?,14?/m0/s1. The quantitative estimate of drug-likeness (QED) is 0.313. The zero-order valence-corrected chi connectivity index (χ0v) is 23.2. The lowest BCUT2D eigenvalue weighted by molar-refractivity contribution is 0.120. The summed E-state index contributed by atoms with van der Waals surface area (Å²) in [7, 11) is 0. The van der Waals surface area contributed by atoms with E-state index >= 15 is 0 Å². The van der Waals surface area contributed by atoms with Gasteiger partial charge < -0.3 is 30.5 Å². The van der Waals surface area contributed by atoms with Crippen LogP contribution in [0.5, 0.6) is 6.01 Å². The molecular formula is C28H26ClFN6O3S. The number of piperazine rings is 1. The Morgan fingerprint density at radius 3 is 2.75 bits per heavy atom. The van der Waals surface area contributed by atoms with Gasteiger partial charge in [0.2, 0.25) is 0 Å². The summed E-state index contributed by atoms with van der Waals surface area (Å²) in [4.78, 5) is 12.0. The number of rotatable bonds is 5. The molecule has 2 bridgehead atoms. The molecule has 3 atom stereocenters. The summed E-state index contributed by atoms with van der Waals surface area (Å²) >= 11 is 8.30. The molecule has 0 saturated carbocycles. The SMILES string of the molecule is C[C@@H](CO)Oc1nc(N2C3CCC2CNC3)c2c3c(c(-c4ccc(F)c5sc(N)c(C#N)c45)c(Cl)c2n1)COC3. The van der Waals surface area contributed by atoms with E-state index in [0.717, 1.165) is 59.6 Å². The monoisotopic (exact) mass is 580 g/mol. The normalized spacial score (nSPS) is 20.7. The summed E-state index contributed by atoms with van der Waals surface area (Å²) in [6.07, 6.45) is 1.56. The van der Waals surface area contributed by atoms with Crippen molar-refractivity contribution in [2.45, 2.75) is 51.2 Å². The molecule has 3 aliphatic heterocycles. The van der Waals surface area contributed by atoms with E-state index in [4.69, 9.17) is 36.8 Å². The Bertz CT molecular complexity index is 1720. The molecule has 2 aromatic carbocycles. The molecule has 4 aromatic rings. The van der Waals surface area contributed by atoms with E-state index < -0.39 is 11.9 Å². The Morgan fingerprint density at radius 2 is 2.02 bits per heavy atom. The number of aliphatic hydroxyl groups excluding tert-OH is 1. The summed E-state index contributed by atoms with van der Waals surface area (Å²) < 4.78 is 27.1. The maximum atomic E-state index is 14.9. The van der Waals surface area contributed by atoms with Gasteiger partial charge >= 0.3 is 6.01 Å². The second kappa shape index (κ2) is 9.68. The van der Waals surface area contributed by atoms with E-state index in [1.807, 2.05) is 0 Å². The molecular weight excluding hydrogens is 555 g/mol. The zero-order chi connectivity index (χ0) is 27.7. The Morgan fingerprint density at radius 1 is 1.27 bits per heavy atom. The molecule has 4 N–H and O–H groups in total. The predicted octanol–water partition coefficient (Wildman–Crippen LogP) is 4.49. The van der Waals surface area contributed by atoms with Gasteiger partial charge in [-0.2, -0.15) is 15.2 Å². The van der Waals surface area contributed by atoms with Gasteiger partial charge in [-0.25, -0.2) is 4.39 Å². The lowest BCUT2D eigenvalue weighted by atomic mass is 9.90. The summed E-state index contributed by atoms with van der Waals surface area (Å²) in [6.45, 7) is 3.87. The van der Waals surface area contributed by atoms with Crippen molar-refractivity contribution in [1.82, 2.24) is 15.3 Å². The molecule has 40 heavy (non-hydrogen) atoms. The van der Waals surface area contributed by atoms with E-state index in [-0.39, 0.29) is 35.3 Å². The van der Waals surface area contributed by atoms with Crippen LogP contribution < -0.4 is 20.7 Å². The second-order valence-corrected chi connectivity index (χ2v) is 11.9. The van der Waals surface area contributed by atoms with Crippen LogP contribution in [0.3, 0.4) is 0 Å². The predicted molar refractivity (Wildman–Crippen MR) is 152 cm³/mol. The number of nitrogens with one attached hydrogen (secondary N) is 1. The number of ether oxygens (including phenoxy) is 2. The van der Waals surface area contributed by atoms with Gasteiger partial charge in [0.25, 0.3) is 0 Å². The molecule has 2 unspecified atom stereocenters. The van der Waals surface area contributed by atoms with Crippen LogP contribution in [0.15, 0.2) is 12.1 Å². The van der Waals surface area contributed by atoms with Crippen LogP contribution in [0.1, 0.15) is 36.5 Å². The van der Waals surface area contributed by atoms with Gasteiger partial charge in [-0.3, -0.25) is 0 Å². The highest BCUT2D eigenvalue weighted by molar-refractivity contribution is 7.23. The fraction of sp³-hybridized carbons (Fsp3) is 0.393. The van der Waals surface area contributed by atoms with Crippen LogP contribution in [0.25, 0.3) is 32.1 Å². The lowest BCUT2D eigenvalue weighted by Gasteiger charge is -2.37. The highest BCUT2D eigenvalue weighted by atomic mass is 35.5. The van der Waals surface area contributed by atoms with Gasteiger partial charge in [-0.05, 0) is 42.5 Å². The maximum absolute atomic E-state index is 14.9. The first-order valence-corrected chi connectivity index (χ1v) is 14.4. The van der Waals surface area contributed by atoms with Crippen LogP contribution >= 0.6 is 22.9 Å². The molecule has 0 radical (unpaired) electrons. The molecule has 2 fully saturated rings. The van der Waals surface area contributed by atoms with Crippen molar-refractivity contribution in [3.05, 3.63) is 39.7 Å². The fourth-order valence-corrected chi connectivity index (χ4v) is 7.66. The Balaban J connectivity index is 1.56. The van der Waals surface area contributed by atoms with Gasteiger partial charge in [0.1, 0.15) is 28.8 Å². The van der Waals surface area contributed by atoms with Crippen molar-refractivity contribution >= 4 is 54.7 Å². The van der Waals surface area contributed by atoms with E-state index in [9.17, 15) is 14.8 Å². The first kappa shape index (κ1) is 25.7. The number of thiophene rings is 1. The number of hydrogen-bond acceptors (Lipinski definition) is 10. The lowest BCUT2D eigenvalue weighted by Crippen LogP contribution is -2.52. The molecule has 2 aromatic heterocycles. The molecule has 7 rings (SSSR count). The topological polar surface area (TPSA) is 130 Å². The third kappa shape index (κ3) is 3.74. The summed E-state index contributed by atoms with van der Waals surface area (Å²) in [5.74, 6) is 0.297. The molecule has 12 heteroatoms. The first-order chi connectivity index (χ1) is 19.4. The average molecular weight is 581 g/mol. The van der Waals surface area contributed by atoms with E-state index in [0.29, 0.717) is 45.0 Å². The van der Waals surface area contributed by atoms with Gasteiger partial charge in [0, 0.05) is 36.1 Å². The number of nitriles is 1. The molecule has 0 aliphatic carbocycles. The number of nitrogens with two attached hydrogens (primary N) is 1. The number of hydrogen-bond donors (Lipinski definition) is 3. The molecule has 0 amide bonds. The smallest absolute Gasteiger partial charge is 0.319 e. The minimum absolute atomic E-state index is 0.121. The second-order valence-electron chi connectivity index (χ2n) is 10.5. The van der Waals surface area contributed by atoms with Crippen molar-refractivity contribution in [3.63, 3.8) is 0 Å². The van der Waals surface area contributed by atoms with Gasteiger partial charge in [0.15, 0.2) is 0 Å². The van der Waals surface area contributed by atoms with Crippen LogP contribution in [-0.2, 0) is 18.0 Å². The van der Waals surface area contributed by atoms with Gasteiger partial charge in [-0.1, -0.05) is 17.7 Å². The third-order valence-corrected chi connectivity index (χ3v) is 9.54. The molecule has 0 spiro atoms. The fourth-order valence-electron chi connectivity index (χ4n) is 6.36. The number of nitrogen functional groups attached to an aromatic ring is 1. The minimum atomic E-state index is -0.523. The molecule has 9 nitrogen and oxygen atoms in total. The number of aromatic nitrogens is 2. The van der Waals surface area contributed by atoms with E-state index in [2.05, 4.69) is 16.3 Å². The number of nitrogens with zero attached hydrogens (tertiary/aromatic N) is 4. The minimum Gasteiger partial charge on any atom is -0.458 e. The van der Waals surface area contributed by atoms with Crippen LogP contribution in [-0.4, -0.2) is 53.0 Å². The summed E-state index contributed by atoms with van der Waals surface area (Å²) in [6, 6.07) is 5.81. The molecule has 5 heterocycles. The van der Waals surface area contributed by atoms with Crippen molar-refractivity contribution in [1.29, 1.82) is 5.26 Å². The van der Waals surface area contributed by atoms with Crippen LogP contribution in [0, 0.1) is 17.1 Å². The Hall–Kier alpha value is -3.27. The van der Waals surface area contributed by atoms with Crippen molar-refractivity contribution in [3.8, 4) is 23.2 Å². The highest BCUT2D eigenvalue weighted by Gasteiger charge is 2.40. The van der Waals surface area contributed by atoms with E-state index in [1.165, 1.54) is 6.07 Å². The number of anilines is 2. The average Bonchev–Trinajstić information content (AvgIpc) is 3.63. The highest BCUT2D eigenvalue weighted by Crippen LogP contribution is 2.50. The van der Waals surface area contributed by atoms with Gasteiger partial charge in [-0.15, -0.1) is 11.3 Å². The number of fused-ring (bicyclic) bond motifs is 6. The summed E-state index contributed by atoms with van der Waals surface area (Å²) in [5.41, 5.74) is 9.87. The summed E-state index contributed by atoms with van der Waals surface area (Å²) in [5, 5.41) is 24.9. The van der Waals surface area contributed by atoms with Crippen molar-refractivity contribution < 1.29 is 19.0 Å². The van der Waals surface area contributed by atoms with Crippen LogP contribution in [0.2, 0.25) is 5.02 Å². The molecule has 206 valence electrons. The maximum Gasteiger partial charge on any atom is 0.319 e. The van der Waals surface area contributed by atoms with Gasteiger partial charge in [0.05, 0.1) is 46.0 Å². The molecule has 3 aliphatic rings. The number of halogens is 2. The largest absolute Gasteiger partial charge is 0.458 e. The number of benzene rings is 2. The Labute approximate surface area is 238 Å². The first-order valence-electron chi connectivity index (χ1n) is 13.2.